The Bertz CT molecular complexity index is 37.8. The van der Waals surface area contributed by atoms with E-state index in [0.717, 1.165) is 0 Å². The van der Waals surface area contributed by atoms with Crippen molar-refractivity contribution in [3.63, 3.8) is 0 Å². The number of hydrogen-bond acceptors (Lipinski definition) is 2. The molecule has 2 nitrogen and oxygen atoms in total. The fourth-order valence-corrected chi connectivity index (χ4v) is 0. The molecule has 0 aromatic rings. The second-order valence-electron chi connectivity index (χ2n) is 2.72. The zero-order valence-corrected chi connectivity index (χ0v) is 5.36. The second-order valence-corrected chi connectivity index (χ2v) is 2.72. The van der Waals surface area contributed by atoms with E-state index < -0.39 is 0 Å². The third-order valence-electron chi connectivity index (χ3n) is 0.474. The van der Waals surface area contributed by atoms with Gasteiger partial charge in [0.1, 0.15) is 0 Å². The minimum atomic E-state index is 0. The first-order valence-corrected chi connectivity index (χ1v) is 2.17. The van der Waals surface area contributed by atoms with Crippen LogP contribution in [0.3, 0.4) is 0 Å². The van der Waals surface area contributed by atoms with Crippen LogP contribution in [0.15, 0.2) is 0 Å². The lowest BCUT2D eigenvalue weighted by atomic mass is 9.99. The molecule has 0 saturated heterocycles. The monoisotopic (exact) mass is 105 g/mol. The van der Waals surface area contributed by atoms with Crippen molar-refractivity contribution in [2.24, 2.45) is 5.41 Å². The minimum absolute atomic E-state index is 0. The van der Waals surface area contributed by atoms with E-state index in [2.05, 4.69) is 0 Å². The van der Waals surface area contributed by atoms with E-state index in [4.69, 9.17) is 5.11 Å². The predicted octanol–water partition coefficient (Wildman–Crippen LogP) is 1.19. The van der Waals surface area contributed by atoms with Crippen molar-refractivity contribution in [1.82, 2.24) is 6.15 Å². The number of aliphatic hydroxyl groups excluding tert-OH is 1. The summed E-state index contributed by atoms with van der Waals surface area (Å²) in [5.74, 6) is 0. The fraction of sp³-hybridized carbons (Fsp3) is 1.00. The lowest BCUT2D eigenvalue weighted by Crippen LogP contribution is -2.09. The van der Waals surface area contributed by atoms with Gasteiger partial charge >= 0.3 is 0 Å². The normalized spacial score (nSPS) is 10.3. The molecule has 0 aliphatic carbocycles. The van der Waals surface area contributed by atoms with Gasteiger partial charge in [-0.25, -0.2) is 0 Å². The van der Waals surface area contributed by atoms with Gasteiger partial charge in [0.05, 0.1) is 0 Å². The van der Waals surface area contributed by atoms with Gasteiger partial charge in [-0.2, -0.15) is 0 Å². The van der Waals surface area contributed by atoms with E-state index in [1.165, 1.54) is 0 Å². The van der Waals surface area contributed by atoms with Gasteiger partial charge < -0.3 is 11.3 Å². The van der Waals surface area contributed by atoms with Crippen LogP contribution in [0.4, 0.5) is 0 Å². The van der Waals surface area contributed by atoms with E-state index in [-0.39, 0.29) is 18.2 Å². The molecule has 0 spiro atoms. The average Bonchev–Trinajstić information content (AvgIpc) is 1.35. The summed E-state index contributed by atoms with van der Waals surface area (Å²) in [6, 6.07) is 0. The highest BCUT2D eigenvalue weighted by molar-refractivity contribution is 4.55. The summed E-state index contributed by atoms with van der Waals surface area (Å²) in [4.78, 5) is 0. The van der Waals surface area contributed by atoms with Crippen molar-refractivity contribution in [2.75, 3.05) is 6.61 Å². The highest BCUT2D eigenvalue weighted by Crippen LogP contribution is 2.09. The molecule has 0 radical (unpaired) electrons. The molecule has 0 aliphatic rings. The molecule has 0 bridgehead atoms. The van der Waals surface area contributed by atoms with E-state index in [1.54, 1.807) is 0 Å². The van der Waals surface area contributed by atoms with Crippen molar-refractivity contribution >= 4 is 0 Å². The Hall–Kier alpha value is -0.0800. The van der Waals surface area contributed by atoms with Crippen LogP contribution in [0.1, 0.15) is 20.8 Å². The Morgan fingerprint density at radius 3 is 1.43 bits per heavy atom. The van der Waals surface area contributed by atoms with Gasteiger partial charge in [-0.15, -0.1) is 0 Å². The molecule has 0 aromatic carbocycles. The molecule has 2 heteroatoms. The summed E-state index contributed by atoms with van der Waals surface area (Å²) in [6.07, 6.45) is 0. The fourth-order valence-electron chi connectivity index (χ4n) is 0. The van der Waals surface area contributed by atoms with Gasteiger partial charge in [-0.05, 0) is 5.41 Å². The van der Waals surface area contributed by atoms with Gasteiger partial charge in [0.2, 0.25) is 0 Å². The maximum Gasteiger partial charge on any atom is 0.0479 e. The molecule has 0 rings (SSSR count). The Morgan fingerprint density at radius 2 is 1.43 bits per heavy atom. The molecular weight excluding hydrogens is 90.1 g/mol. The average molecular weight is 105 g/mol. The van der Waals surface area contributed by atoms with Gasteiger partial charge in [-0.3, -0.25) is 0 Å². The van der Waals surface area contributed by atoms with Crippen LogP contribution < -0.4 is 6.15 Å². The van der Waals surface area contributed by atoms with Gasteiger partial charge in [0, 0.05) is 6.61 Å². The van der Waals surface area contributed by atoms with E-state index >= 15 is 0 Å². The maximum absolute atomic E-state index is 8.40. The highest BCUT2D eigenvalue weighted by atomic mass is 16.3. The lowest BCUT2D eigenvalue weighted by molar-refractivity contribution is 0.177. The van der Waals surface area contributed by atoms with Crippen molar-refractivity contribution < 1.29 is 5.11 Å². The Balaban J connectivity index is 0. The largest absolute Gasteiger partial charge is 0.396 e. The number of hydrogen-bond donors (Lipinski definition) is 2. The van der Waals surface area contributed by atoms with Crippen LogP contribution in [0, 0.1) is 5.41 Å². The zero-order valence-electron chi connectivity index (χ0n) is 5.36. The maximum atomic E-state index is 8.40. The molecule has 7 heavy (non-hydrogen) atoms. The molecule has 0 aromatic heterocycles. The predicted molar refractivity (Wildman–Crippen MR) is 31.6 cm³/mol. The van der Waals surface area contributed by atoms with E-state index in [0.29, 0.717) is 0 Å². The Labute approximate surface area is 45.1 Å². The van der Waals surface area contributed by atoms with Crippen LogP contribution in [0.5, 0.6) is 0 Å². The summed E-state index contributed by atoms with van der Waals surface area (Å²) in [5.41, 5.74) is 0.0972. The van der Waals surface area contributed by atoms with Crippen LogP contribution >= 0.6 is 0 Å². The lowest BCUT2D eigenvalue weighted by Gasteiger charge is -2.11. The first kappa shape index (κ1) is 10.0. The molecule has 0 atom stereocenters. The summed E-state index contributed by atoms with van der Waals surface area (Å²) in [5, 5.41) is 8.40. The van der Waals surface area contributed by atoms with Gasteiger partial charge in [0.25, 0.3) is 0 Å². The molecule has 4 N–H and O–H groups in total. The SMILES string of the molecule is CC(C)(C)CO.N. The quantitative estimate of drug-likeness (QED) is 0.486. The third kappa shape index (κ3) is 10.7. The van der Waals surface area contributed by atoms with Gasteiger partial charge in [0.15, 0.2) is 0 Å². The molecule has 46 valence electrons. The zero-order chi connectivity index (χ0) is 5.21. The standard InChI is InChI=1S/C5H12O.H3N/c1-5(2,3)4-6;/h6H,4H2,1-3H3;1H3. The topological polar surface area (TPSA) is 55.2 Å². The molecule has 0 unspecified atom stereocenters. The molecule has 0 heterocycles. The van der Waals surface area contributed by atoms with Crippen molar-refractivity contribution in [2.45, 2.75) is 20.8 Å². The third-order valence-corrected chi connectivity index (χ3v) is 0.474. The Kier molecular flexibility index (Phi) is 4.28. The Morgan fingerprint density at radius 1 is 1.29 bits per heavy atom. The molecule has 0 aliphatic heterocycles. The summed E-state index contributed by atoms with van der Waals surface area (Å²) < 4.78 is 0. The molecule has 0 amide bonds. The molecule has 0 saturated carbocycles. The first-order chi connectivity index (χ1) is 2.56. The molecular formula is C5H15NO. The number of rotatable bonds is 0. The summed E-state index contributed by atoms with van der Waals surface area (Å²) in [7, 11) is 0. The van der Waals surface area contributed by atoms with Crippen molar-refractivity contribution in [3.8, 4) is 0 Å². The van der Waals surface area contributed by atoms with Crippen LogP contribution in [-0.2, 0) is 0 Å². The minimum Gasteiger partial charge on any atom is -0.396 e. The van der Waals surface area contributed by atoms with Crippen molar-refractivity contribution in [1.29, 1.82) is 0 Å². The smallest absolute Gasteiger partial charge is 0.0479 e. The first-order valence-electron chi connectivity index (χ1n) is 2.17. The van der Waals surface area contributed by atoms with Crippen LogP contribution in [-0.4, -0.2) is 11.7 Å². The summed E-state index contributed by atoms with van der Waals surface area (Å²) in [6.45, 7) is 6.25. The van der Waals surface area contributed by atoms with Gasteiger partial charge in [-0.1, -0.05) is 20.8 Å². The highest BCUT2D eigenvalue weighted by Gasteiger charge is 2.05. The number of aliphatic hydroxyl groups is 1. The van der Waals surface area contributed by atoms with Crippen molar-refractivity contribution in [3.05, 3.63) is 0 Å². The van der Waals surface area contributed by atoms with Crippen LogP contribution in [0.2, 0.25) is 0 Å². The van der Waals surface area contributed by atoms with E-state index in [9.17, 15) is 0 Å². The summed E-state index contributed by atoms with van der Waals surface area (Å²) >= 11 is 0. The molecule has 0 fully saturated rings. The van der Waals surface area contributed by atoms with E-state index in [1.807, 2.05) is 20.8 Å². The second kappa shape index (κ2) is 2.99. The van der Waals surface area contributed by atoms with Crippen LogP contribution in [0.25, 0.3) is 0 Å².